The Morgan fingerprint density at radius 1 is 1.06 bits per heavy atom. The summed E-state index contributed by atoms with van der Waals surface area (Å²) in [6, 6.07) is 15.9. The van der Waals surface area contributed by atoms with Crippen molar-refractivity contribution < 1.29 is 19.4 Å². The van der Waals surface area contributed by atoms with Gasteiger partial charge in [-0.15, -0.1) is 11.3 Å². The van der Waals surface area contributed by atoms with E-state index in [0.29, 0.717) is 17.0 Å². The molecule has 1 atom stereocenters. The van der Waals surface area contributed by atoms with E-state index in [4.69, 9.17) is 4.74 Å². The van der Waals surface area contributed by atoms with Crippen LogP contribution in [0.2, 0.25) is 0 Å². The van der Waals surface area contributed by atoms with Crippen LogP contribution in [0.3, 0.4) is 0 Å². The fourth-order valence-electron chi connectivity index (χ4n) is 4.19. The van der Waals surface area contributed by atoms with Crippen molar-refractivity contribution in [2.24, 2.45) is 0 Å². The summed E-state index contributed by atoms with van der Waals surface area (Å²) in [5.41, 5.74) is 2.82. The highest BCUT2D eigenvalue weighted by atomic mass is 32.1. The molecule has 1 amide bonds. The maximum absolute atomic E-state index is 13.3. The minimum Gasteiger partial charge on any atom is -0.507 e. The highest BCUT2D eigenvalue weighted by Gasteiger charge is 2.47. The summed E-state index contributed by atoms with van der Waals surface area (Å²) in [5.74, 6) is -0.824. The maximum atomic E-state index is 13.3. The maximum Gasteiger partial charge on any atom is 0.300 e. The molecule has 33 heavy (non-hydrogen) atoms. The number of thiophene rings is 1. The largest absolute Gasteiger partial charge is 0.507 e. The zero-order valence-electron chi connectivity index (χ0n) is 19.4. The second-order valence-corrected chi connectivity index (χ2v) is 10.2. The lowest BCUT2D eigenvalue weighted by molar-refractivity contribution is -0.132. The third-order valence-electron chi connectivity index (χ3n) is 5.82. The lowest BCUT2D eigenvalue weighted by atomic mass is 9.84. The number of carbonyl (C=O) groups excluding carboxylic acids is 2. The van der Waals surface area contributed by atoms with E-state index in [0.717, 1.165) is 16.0 Å². The van der Waals surface area contributed by atoms with Crippen LogP contribution in [-0.4, -0.2) is 23.9 Å². The summed E-state index contributed by atoms with van der Waals surface area (Å²) < 4.78 is 5.51. The van der Waals surface area contributed by atoms with Crippen LogP contribution in [0.25, 0.3) is 5.76 Å². The van der Waals surface area contributed by atoms with Gasteiger partial charge in [-0.1, -0.05) is 39.0 Å². The topological polar surface area (TPSA) is 66.8 Å². The van der Waals surface area contributed by atoms with Crippen molar-refractivity contribution in [1.29, 1.82) is 0 Å². The first kappa shape index (κ1) is 22.8. The van der Waals surface area contributed by atoms with E-state index in [1.165, 1.54) is 16.2 Å². The molecule has 0 bridgehead atoms. The SMILES string of the molecule is COc1ccc(/C(O)=C2/C(=O)C(=O)N(c3cccc(C)c3)C2c2cccs2)cc1C(C)(C)C. The summed E-state index contributed by atoms with van der Waals surface area (Å²) in [7, 11) is 1.61. The van der Waals surface area contributed by atoms with Crippen LogP contribution in [0, 0.1) is 6.92 Å². The minimum atomic E-state index is -0.702. The van der Waals surface area contributed by atoms with Crippen LogP contribution >= 0.6 is 11.3 Å². The smallest absolute Gasteiger partial charge is 0.300 e. The molecule has 1 fully saturated rings. The first-order chi connectivity index (χ1) is 15.6. The van der Waals surface area contributed by atoms with Gasteiger partial charge in [-0.05, 0) is 59.7 Å². The Morgan fingerprint density at radius 3 is 2.42 bits per heavy atom. The number of aliphatic hydroxyl groups excluding tert-OH is 1. The number of ketones is 1. The number of methoxy groups -OCH3 is 1. The van der Waals surface area contributed by atoms with Crippen molar-refractivity contribution in [3.8, 4) is 5.75 Å². The van der Waals surface area contributed by atoms with Gasteiger partial charge >= 0.3 is 0 Å². The van der Waals surface area contributed by atoms with E-state index >= 15 is 0 Å². The molecule has 170 valence electrons. The van der Waals surface area contributed by atoms with Gasteiger partial charge in [0.05, 0.1) is 12.7 Å². The molecule has 0 spiro atoms. The van der Waals surface area contributed by atoms with Crippen LogP contribution in [0.1, 0.15) is 48.4 Å². The van der Waals surface area contributed by atoms with Gasteiger partial charge < -0.3 is 9.84 Å². The Balaban J connectivity index is 1.93. The van der Waals surface area contributed by atoms with Gasteiger partial charge in [-0.2, -0.15) is 0 Å². The summed E-state index contributed by atoms with van der Waals surface area (Å²) >= 11 is 1.45. The number of nitrogens with zero attached hydrogens (tertiary/aromatic N) is 1. The molecule has 1 unspecified atom stereocenters. The molecule has 4 rings (SSSR count). The average molecular weight is 462 g/mol. The molecule has 1 aliphatic heterocycles. The number of rotatable bonds is 4. The number of hydrogen-bond acceptors (Lipinski definition) is 5. The Bertz CT molecular complexity index is 1250. The molecule has 1 aliphatic rings. The number of ether oxygens (including phenoxy) is 1. The van der Waals surface area contributed by atoms with Crippen molar-refractivity contribution in [2.45, 2.75) is 39.2 Å². The minimum absolute atomic E-state index is 0.0917. The first-order valence-corrected chi connectivity index (χ1v) is 11.6. The number of anilines is 1. The molecule has 0 aliphatic carbocycles. The monoisotopic (exact) mass is 461 g/mol. The van der Waals surface area contributed by atoms with E-state index in [1.807, 2.05) is 54.8 Å². The van der Waals surface area contributed by atoms with Crippen molar-refractivity contribution >= 4 is 34.5 Å². The zero-order valence-corrected chi connectivity index (χ0v) is 20.2. The van der Waals surface area contributed by atoms with Crippen LogP contribution in [0.5, 0.6) is 5.75 Å². The highest BCUT2D eigenvalue weighted by Crippen LogP contribution is 2.44. The van der Waals surface area contributed by atoms with Gasteiger partial charge in [0.2, 0.25) is 0 Å². The molecular formula is C27H27NO4S. The second kappa shape index (κ2) is 8.52. The Morgan fingerprint density at radius 2 is 1.82 bits per heavy atom. The molecule has 1 saturated heterocycles. The fourth-order valence-corrected chi connectivity index (χ4v) is 5.01. The predicted octanol–water partition coefficient (Wildman–Crippen LogP) is 5.99. The normalized spacial score (nSPS) is 18.1. The Kier molecular flexibility index (Phi) is 5.89. The standard InChI is InChI=1S/C27H27NO4S/c1-16-8-6-9-18(14-16)28-23(21-10-7-13-33-21)22(25(30)26(28)31)24(29)17-11-12-20(32-5)19(15-17)27(2,3)4/h6-15,23,29H,1-5H3/b24-22-. The summed E-state index contributed by atoms with van der Waals surface area (Å²) in [4.78, 5) is 28.8. The first-order valence-electron chi connectivity index (χ1n) is 10.7. The average Bonchev–Trinajstić information content (AvgIpc) is 3.39. The quantitative estimate of drug-likeness (QED) is 0.294. The van der Waals surface area contributed by atoms with Crippen LogP contribution in [0.15, 0.2) is 65.6 Å². The van der Waals surface area contributed by atoms with E-state index in [-0.39, 0.29) is 16.7 Å². The molecule has 0 saturated carbocycles. The van der Waals surface area contributed by atoms with E-state index in [2.05, 4.69) is 20.8 Å². The fraction of sp³-hybridized carbons (Fsp3) is 0.259. The Hall–Kier alpha value is -3.38. The van der Waals surface area contributed by atoms with Gasteiger partial charge in [-0.25, -0.2) is 0 Å². The van der Waals surface area contributed by atoms with Crippen molar-refractivity contribution in [3.63, 3.8) is 0 Å². The molecule has 5 nitrogen and oxygen atoms in total. The molecule has 1 aromatic heterocycles. The second-order valence-electron chi connectivity index (χ2n) is 9.19. The number of aryl methyl sites for hydroxylation is 1. The number of benzene rings is 2. The number of amides is 1. The molecular weight excluding hydrogens is 434 g/mol. The van der Waals surface area contributed by atoms with Gasteiger partial charge in [0, 0.05) is 21.7 Å². The third-order valence-corrected chi connectivity index (χ3v) is 6.74. The summed E-state index contributed by atoms with van der Waals surface area (Å²) in [6.45, 7) is 8.09. The molecule has 6 heteroatoms. The van der Waals surface area contributed by atoms with Crippen LogP contribution in [-0.2, 0) is 15.0 Å². The number of carbonyl (C=O) groups is 2. The van der Waals surface area contributed by atoms with Gasteiger partial charge in [-0.3, -0.25) is 14.5 Å². The van der Waals surface area contributed by atoms with E-state index < -0.39 is 17.7 Å². The molecule has 1 N–H and O–H groups in total. The highest BCUT2D eigenvalue weighted by molar-refractivity contribution is 7.10. The van der Waals surface area contributed by atoms with Gasteiger partial charge in [0.1, 0.15) is 17.6 Å². The van der Waals surface area contributed by atoms with Crippen molar-refractivity contribution in [1.82, 2.24) is 0 Å². The number of Topliss-reactive ketones (excluding diaryl/α,β-unsaturated/α-hetero) is 1. The molecule has 2 heterocycles. The lowest BCUT2D eigenvalue weighted by Crippen LogP contribution is -2.29. The van der Waals surface area contributed by atoms with Crippen LogP contribution in [0.4, 0.5) is 5.69 Å². The van der Waals surface area contributed by atoms with Crippen molar-refractivity contribution in [3.05, 3.63) is 87.1 Å². The predicted molar refractivity (Wildman–Crippen MR) is 132 cm³/mol. The van der Waals surface area contributed by atoms with Gasteiger partial charge in [0.25, 0.3) is 11.7 Å². The molecule has 2 aromatic carbocycles. The van der Waals surface area contributed by atoms with Gasteiger partial charge in [0.15, 0.2) is 0 Å². The molecule has 0 radical (unpaired) electrons. The zero-order chi connectivity index (χ0) is 23.9. The van der Waals surface area contributed by atoms with E-state index in [9.17, 15) is 14.7 Å². The molecule has 3 aromatic rings. The van der Waals surface area contributed by atoms with Crippen molar-refractivity contribution in [2.75, 3.05) is 12.0 Å². The summed E-state index contributed by atoms with van der Waals surface area (Å²) in [5, 5.41) is 13.3. The van der Waals surface area contributed by atoms with Crippen LogP contribution < -0.4 is 9.64 Å². The number of aliphatic hydroxyl groups is 1. The Labute approximate surface area is 197 Å². The van der Waals surface area contributed by atoms with E-state index in [1.54, 1.807) is 19.2 Å². The number of hydrogen-bond donors (Lipinski definition) is 1. The lowest BCUT2D eigenvalue weighted by Gasteiger charge is -2.25. The third kappa shape index (κ3) is 4.07. The summed E-state index contributed by atoms with van der Waals surface area (Å²) in [6.07, 6.45) is 0.